The molecule has 0 atom stereocenters. The molecule has 3 aromatic rings. The number of rotatable bonds is 7. The van der Waals surface area contributed by atoms with Crippen LogP contribution in [0, 0.1) is 6.92 Å². The van der Waals surface area contributed by atoms with E-state index in [-0.39, 0.29) is 0 Å². The van der Waals surface area contributed by atoms with Crippen LogP contribution in [0.4, 0.5) is 0 Å². The van der Waals surface area contributed by atoms with Crippen LogP contribution in [0.25, 0.3) is 10.9 Å². The van der Waals surface area contributed by atoms with Gasteiger partial charge in [-0.05, 0) is 31.9 Å². The molecule has 0 aliphatic carbocycles. The van der Waals surface area contributed by atoms with Crippen molar-refractivity contribution >= 4 is 28.2 Å². The molecule has 3 N–H and O–H groups in total. The Bertz CT molecular complexity index is 833. The standard InChI is InChI=1S/C19H25N5S/c1-3-20-19(22-11-9-18-24-12-14(2)25-18)21-10-8-15-13-23-17-7-5-4-6-16(15)17/h4-7,12-13,23H,3,8-11H2,1-2H3,(H2,20,21,22). The van der Waals surface area contributed by atoms with Crippen molar-refractivity contribution in [2.45, 2.75) is 26.7 Å². The molecule has 5 nitrogen and oxygen atoms in total. The summed E-state index contributed by atoms with van der Waals surface area (Å²) >= 11 is 1.75. The van der Waals surface area contributed by atoms with Gasteiger partial charge in [0, 0.05) is 54.2 Å². The number of thiazole rings is 1. The van der Waals surface area contributed by atoms with Crippen LogP contribution in [0.15, 0.2) is 41.7 Å². The van der Waals surface area contributed by atoms with Crippen molar-refractivity contribution in [1.82, 2.24) is 20.6 Å². The molecule has 0 spiro atoms. The Hall–Kier alpha value is -2.34. The highest BCUT2D eigenvalue weighted by atomic mass is 32.1. The molecule has 0 saturated carbocycles. The smallest absolute Gasteiger partial charge is 0.191 e. The summed E-state index contributed by atoms with van der Waals surface area (Å²) < 4.78 is 0. The number of hydrogen-bond acceptors (Lipinski definition) is 3. The number of nitrogens with zero attached hydrogens (tertiary/aromatic N) is 2. The largest absolute Gasteiger partial charge is 0.361 e. The van der Waals surface area contributed by atoms with Crippen LogP contribution in [0.5, 0.6) is 0 Å². The molecule has 6 heteroatoms. The van der Waals surface area contributed by atoms with E-state index in [1.807, 2.05) is 6.20 Å². The minimum absolute atomic E-state index is 0.745. The predicted molar refractivity (Wildman–Crippen MR) is 107 cm³/mol. The highest BCUT2D eigenvalue weighted by Crippen LogP contribution is 2.17. The van der Waals surface area contributed by atoms with E-state index >= 15 is 0 Å². The van der Waals surface area contributed by atoms with Crippen LogP contribution in [-0.4, -0.2) is 35.6 Å². The maximum atomic E-state index is 4.65. The zero-order valence-electron chi connectivity index (χ0n) is 14.8. The minimum Gasteiger partial charge on any atom is -0.361 e. The lowest BCUT2D eigenvalue weighted by Crippen LogP contribution is -2.38. The van der Waals surface area contributed by atoms with Gasteiger partial charge in [0.15, 0.2) is 5.96 Å². The van der Waals surface area contributed by atoms with Gasteiger partial charge in [-0.15, -0.1) is 11.3 Å². The highest BCUT2D eigenvalue weighted by molar-refractivity contribution is 7.11. The lowest BCUT2D eigenvalue weighted by Gasteiger charge is -2.10. The lowest BCUT2D eigenvalue weighted by molar-refractivity contribution is 0.798. The quantitative estimate of drug-likeness (QED) is 0.450. The number of aromatic amines is 1. The summed E-state index contributed by atoms with van der Waals surface area (Å²) in [5.74, 6) is 0.871. The average Bonchev–Trinajstić information content (AvgIpc) is 3.21. The number of para-hydroxylation sites is 1. The molecule has 2 aromatic heterocycles. The van der Waals surface area contributed by atoms with Gasteiger partial charge < -0.3 is 15.6 Å². The highest BCUT2D eigenvalue weighted by Gasteiger charge is 2.04. The van der Waals surface area contributed by atoms with Crippen molar-refractivity contribution in [1.29, 1.82) is 0 Å². The van der Waals surface area contributed by atoms with Gasteiger partial charge in [0.2, 0.25) is 0 Å². The Morgan fingerprint density at radius 1 is 1.24 bits per heavy atom. The van der Waals surface area contributed by atoms with Crippen molar-refractivity contribution in [3.8, 4) is 0 Å². The summed E-state index contributed by atoms with van der Waals surface area (Å²) in [6, 6.07) is 8.41. The van der Waals surface area contributed by atoms with E-state index in [1.54, 1.807) is 11.3 Å². The SMILES string of the molecule is CCNC(=NCCc1ncc(C)s1)NCCc1c[nH]c2ccccc12. The molecule has 0 aliphatic rings. The van der Waals surface area contributed by atoms with Crippen molar-refractivity contribution in [3.05, 3.63) is 52.1 Å². The topological polar surface area (TPSA) is 65.1 Å². The molecule has 0 amide bonds. The Balaban J connectivity index is 1.51. The van der Waals surface area contributed by atoms with Crippen LogP contribution in [0.1, 0.15) is 22.4 Å². The number of H-pyrrole nitrogens is 1. The third kappa shape index (κ3) is 4.82. The molecule has 2 heterocycles. The van der Waals surface area contributed by atoms with Gasteiger partial charge in [-0.3, -0.25) is 4.99 Å². The number of aryl methyl sites for hydroxylation is 1. The van der Waals surface area contributed by atoms with E-state index in [0.29, 0.717) is 0 Å². The third-order valence-electron chi connectivity index (χ3n) is 3.97. The molecule has 0 aliphatic heterocycles. The van der Waals surface area contributed by atoms with E-state index in [4.69, 9.17) is 0 Å². The van der Waals surface area contributed by atoms with Gasteiger partial charge >= 0.3 is 0 Å². The minimum atomic E-state index is 0.745. The Morgan fingerprint density at radius 3 is 2.92 bits per heavy atom. The summed E-state index contributed by atoms with van der Waals surface area (Å²) in [6.07, 6.45) is 5.87. The van der Waals surface area contributed by atoms with Crippen molar-refractivity contribution in [3.63, 3.8) is 0 Å². The molecule has 0 radical (unpaired) electrons. The maximum absolute atomic E-state index is 4.65. The number of guanidine groups is 1. The summed E-state index contributed by atoms with van der Waals surface area (Å²) in [5.41, 5.74) is 2.52. The first-order valence-corrected chi connectivity index (χ1v) is 9.56. The monoisotopic (exact) mass is 355 g/mol. The normalized spacial score (nSPS) is 11.8. The van der Waals surface area contributed by atoms with Crippen LogP contribution >= 0.6 is 11.3 Å². The number of benzene rings is 1. The predicted octanol–water partition coefficient (Wildman–Crippen LogP) is 3.27. The van der Waals surface area contributed by atoms with Crippen LogP contribution in [-0.2, 0) is 12.8 Å². The molecule has 0 saturated heterocycles. The van der Waals surface area contributed by atoms with Gasteiger partial charge in [-0.25, -0.2) is 4.98 Å². The molecular weight excluding hydrogens is 330 g/mol. The summed E-state index contributed by atoms with van der Waals surface area (Å²) in [4.78, 5) is 13.6. The van der Waals surface area contributed by atoms with Gasteiger partial charge in [0.05, 0.1) is 5.01 Å². The fraction of sp³-hybridized carbons (Fsp3) is 0.368. The molecular formula is C19H25N5S. The number of aliphatic imine (C=N–C) groups is 1. The summed E-state index contributed by atoms with van der Waals surface area (Å²) in [5, 5.41) is 9.17. The molecule has 3 rings (SSSR count). The third-order valence-corrected chi connectivity index (χ3v) is 4.94. The van der Waals surface area contributed by atoms with Crippen LogP contribution in [0.3, 0.4) is 0 Å². The second-order valence-electron chi connectivity index (χ2n) is 5.91. The fourth-order valence-electron chi connectivity index (χ4n) is 2.78. The van der Waals surface area contributed by atoms with Gasteiger partial charge in [-0.2, -0.15) is 0 Å². The zero-order valence-corrected chi connectivity index (χ0v) is 15.6. The molecule has 0 bridgehead atoms. The number of fused-ring (bicyclic) bond motifs is 1. The first-order chi connectivity index (χ1) is 12.3. The Labute approximate surface area is 152 Å². The van der Waals surface area contributed by atoms with Crippen molar-refractivity contribution in [2.24, 2.45) is 4.99 Å². The number of hydrogen-bond donors (Lipinski definition) is 3. The van der Waals surface area contributed by atoms with E-state index in [2.05, 4.69) is 69.9 Å². The molecule has 132 valence electrons. The first kappa shape index (κ1) is 17.5. The fourth-order valence-corrected chi connectivity index (χ4v) is 3.55. The van der Waals surface area contributed by atoms with E-state index in [0.717, 1.165) is 43.4 Å². The van der Waals surface area contributed by atoms with Crippen molar-refractivity contribution in [2.75, 3.05) is 19.6 Å². The Kier molecular flexibility index (Phi) is 6.06. The van der Waals surface area contributed by atoms with Gasteiger partial charge in [0.1, 0.15) is 0 Å². The Morgan fingerprint density at radius 2 is 2.12 bits per heavy atom. The van der Waals surface area contributed by atoms with E-state index in [9.17, 15) is 0 Å². The number of nitrogens with one attached hydrogen (secondary N) is 3. The van der Waals surface area contributed by atoms with Gasteiger partial charge in [-0.1, -0.05) is 18.2 Å². The zero-order chi connectivity index (χ0) is 17.5. The lowest BCUT2D eigenvalue weighted by atomic mass is 10.1. The first-order valence-electron chi connectivity index (χ1n) is 8.74. The van der Waals surface area contributed by atoms with E-state index < -0.39 is 0 Å². The van der Waals surface area contributed by atoms with Crippen LogP contribution in [0.2, 0.25) is 0 Å². The second kappa shape index (κ2) is 8.67. The maximum Gasteiger partial charge on any atom is 0.191 e. The van der Waals surface area contributed by atoms with E-state index in [1.165, 1.54) is 21.3 Å². The van der Waals surface area contributed by atoms with Gasteiger partial charge in [0.25, 0.3) is 0 Å². The average molecular weight is 356 g/mol. The summed E-state index contributed by atoms with van der Waals surface area (Å²) in [6.45, 7) is 6.62. The van der Waals surface area contributed by atoms with Crippen LogP contribution < -0.4 is 10.6 Å². The molecule has 25 heavy (non-hydrogen) atoms. The molecule has 0 unspecified atom stereocenters. The second-order valence-corrected chi connectivity index (χ2v) is 7.23. The number of aromatic nitrogens is 2. The van der Waals surface area contributed by atoms with Crippen molar-refractivity contribution < 1.29 is 0 Å². The molecule has 0 fully saturated rings. The summed E-state index contributed by atoms with van der Waals surface area (Å²) in [7, 11) is 0. The molecule has 1 aromatic carbocycles.